The van der Waals surface area contributed by atoms with Crippen LogP contribution in [0.25, 0.3) is 0 Å². The molecule has 2 aromatic heterocycles. The number of hydrogen-bond donors (Lipinski definition) is 2. The fourth-order valence-corrected chi connectivity index (χ4v) is 3.99. The highest BCUT2D eigenvalue weighted by Crippen LogP contribution is 2.50. The lowest BCUT2D eigenvalue weighted by Crippen LogP contribution is -2.46. The van der Waals surface area contributed by atoms with Crippen LogP contribution in [-0.4, -0.2) is 40.2 Å². The summed E-state index contributed by atoms with van der Waals surface area (Å²) in [6.07, 6.45) is -2.74. The fourth-order valence-electron chi connectivity index (χ4n) is 3.48. The Morgan fingerprint density at radius 3 is 2.31 bits per heavy atom. The van der Waals surface area contributed by atoms with Crippen molar-refractivity contribution in [2.75, 3.05) is 12.4 Å². The molecule has 0 aliphatic rings. The quantitative estimate of drug-likeness (QED) is 0.329. The first-order chi connectivity index (χ1) is 16.4. The Labute approximate surface area is 207 Å². The molecule has 3 aromatic rings. The minimum atomic E-state index is -5.09. The van der Waals surface area contributed by atoms with E-state index in [4.69, 9.17) is 23.2 Å². The van der Waals surface area contributed by atoms with Gasteiger partial charge in [-0.15, -0.1) is 0 Å². The van der Waals surface area contributed by atoms with Gasteiger partial charge in [-0.05, 0) is 47.5 Å². The molecule has 1 aromatic carbocycles. The number of nitrogens with zero attached hydrogens (tertiary/aromatic N) is 2. The average molecular weight is 528 g/mol. The molecule has 35 heavy (non-hydrogen) atoms. The van der Waals surface area contributed by atoms with E-state index in [1.54, 1.807) is 0 Å². The molecule has 7 nitrogen and oxygen atoms in total. The van der Waals surface area contributed by atoms with Gasteiger partial charge in [-0.25, -0.2) is 14.8 Å². The van der Waals surface area contributed by atoms with Gasteiger partial charge in [-0.1, -0.05) is 36.2 Å². The zero-order valence-corrected chi connectivity index (χ0v) is 19.7. The maximum Gasteiger partial charge on any atom is 0.422 e. The maximum atomic E-state index is 14.1. The molecule has 0 spiro atoms. The fraction of sp³-hybridized carbons (Fsp3) is 0.217. The number of nitrogens with one attached hydrogen (secondary N) is 1. The zero-order chi connectivity index (χ0) is 26.0. The second-order valence-corrected chi connectivity index (χ2v) is 8.26. The first-order valence-corrected chi connectivity index (χ1v) is 10.7. The van der Waals surface area contributed by atoms with Gasteiger partial charge in [-0.2, -0.15) is 13.2 Å². The highest BCUT2D eigenvalue weighted by atomic mass is 35.5. The molecular weight excluding hydrogens is 510 g/mol. The van der Waals surface area contributed by atoms with Crippen LogP contribution in [0.1, 0.15) is 44.7 Å². The minimum absolute atomic E-state index is 0.0127. The number of amides is 1. The Morgan fingerprint density at radius 1 is 1.03 bits per heavy atom. The third-order valence-electron chi connectivity index (χ3n) is 5.38. The molecule has 0 aliphatic carbocycles. The predicted molar refractivity (Wildman–Crippen MR) is 123 cm³/mol. The number of hydrogen-bond acceptors (Lipinski definition) is 6. The van der Waals surface area contributed by atoms with E-state index in [0.29, 0.717) is 0 Å². The summed E-state index contributed by atoms with van der Waals surface area (Å²) in [5, 5.41) is 12.9. The third-order valence-corrected chi connectivity index (χ3v) is 5.91. The lowest BCUT2D eigenvalue weighted by atomic mass is 9.78. The SMILES string of the molecule is COC(=O)c1ccnc(NC(=O)c2ccc([C@@H](C)[C@@](O)(c3ccnc(Cl)c3)C(F)(F)F)c(Cl)c2)c1. The van der Waals surface area contributed by atoms with Crippen LogP contribution in [0.2, 0.25) is 10.2 Å². The molecule has 184 valence electrons. The van der Waals surface area contributed by atoms with Gasteiger partial charge < -0.3 is 15.2 Å². The molecule has 0 unspecified atom stereocenters. The maximum absolute atomic E-state index is 14.1. The van der Waals surface area contributed by atoms with E-state index in [1.807, 2.05) is 0 Å². The van der Waals surface area contributed by atoms with Crippen LogP contribution < -0.4 is 5.32 Å². The largest absolute Gasteiger partial charge is 0.465 e. The Hall–Kier alpha value is -3.21. The first-order valence-electron chi connectivity index (χ1n) is 9.94. The smallest absolute Gasteiger partial charge is 0.422 e. The highest BCUT2D eigenvalue weighted by Gasteiger charge is 2.59. The second-order valence-electron chi connectivity index (χ2n) is 7.46. The van der Waals surface area contributed by atoms with Crippen molar-refractivity contribution in [3.63, 3.8) is 0 Å². The molecule has 2 atom stereocenters. The van der Waals surface area contributed by atoms with Crippen LogP contribution in [0.5, 0.6) is 0 Å². The summed E-state index contributed by atoms with van der Waals surface area (Å²) in [4.78, 5) is 31.9. The van der Waals surface area contributed by atoms with Crippen molar-refractivity contribution in [1.82, 2.24) is 9.97 Å². The molecule has 0 fully saturated rings. The highest BCUT2D eigenvalue weighted by molar-refractivity contribution is 6.32. The van der Waals surface area contributed by atoms with E-state index in [9.17, 15) is 27.9 Å². The number of benzene rings is 1. The summed E-state index contributed by atoms with van der Waals surface area (Å²) in [7, 11) is 1.20. The summed E-state index contributed by atoms with van der Waals surface area (Å²) < 4.78 is 46.9. The minimum Gasteiger partial charge on any atom is -0.465 e. The summed E-state index contributed by atoms with van der Waals surface area (Å²) in [6, 6.07) is 8.28. The van der Waals surface area contributed by atoms with Crippen molar-refractivity contribution in [2.24, 2.45) is 0 Å². The molecular formula is C23H18Cl2F3N3O4. The van der Waals surface area contributed by atoms with Crippen molar-refractivity contribution in [1.29, 1.82) is 0 Å². The average Bonchev–Trinajstić information content (AvgIpc) is 2.81. The van der Waals surface area contributed by atoms with Crippen molar-refractivity contribution >= 4 is 40.9 Å². The van der Waals surface area contributed by atoms with E-state index in [1.165, 1.54) is 43.6 Å². The molecule has 3 rings (SSSR count). The van der Waals surface area contributed by atoms with Crippen LogP contribution in [-0.2, 0) is 10.3 Å². The van der Waals surface area contributed by atoms with E-state index in [-0.39, 0.29) is 32.7 Å². The van der Waals surface area contributed by atoms with Crippen molar-refractivity contribution in [2.45, 2.75) is 24.6 Å². The van der Waals surface area contributed by atoms with Gasteiger partial charge in [0.05, 0.1) is 12.7 Å². The van der Waals surface area contributed by atoms with Crippen molar-refractivity contribution in [3.8, 4) is 0 Å². The van der Waals surface area contributed by atoms with Crippen LogP contribution in [0.3, 0.4) is 0 Å². The zero-order valence-electron chi connectivity index (χ0n) is 18.2. The van der Waals surface area contributed by atoms with Crippen LogP contribution >= 0.6 is 23.2 Å². The molecule has 1 amide bonds. The van der Waals surface area contributed by atoms with Gasteiger partial charge >= 0.3 is 12.1 Å². The number of pyridine rings is 2. The molecule has 12 heteroatoms. The third kappa shape index (κ3) is 5.39. The van der Waals surface area contributed by atoms with E-state index in [2.05, 4.69) is 20.0 Å². The summed E-state index contributed by atoms with van der Waals surface area (Å²) >= 11 is 12.0. The van der Waals surface area contributed by atoms with Crippen LogP contribution in [0.15, 0.2) is 54.9 Å². The molecule has 0 saturated carbocycles. The Bertz CT molecular complexity index is 1270. The monoisotopic (exact) mass is 527 g/mol. The molecule has 0 radical (unpaired) electrons. The lowest BCUT2D eigenvalue weighted by molar-refractivity contribution is -0.274. The molecule has 2 heterocycles. The number of halogens is 5. The van der Waals surface area contributed by atoms with Gasteiger partial charge in [-0.3, -0.25) is 4.79 Å². The van der Waals surface area contributed by atoms with Gasteiger partial charge in [0.25, 0.3) is 5.91 Å². The molecule has 0 bridgehead atoms. The number of carbonyl (C=O) groups is 2. The summed E-state index contributed by atoms with van der Waals surface area (Å²) in [5.74, 6) is -2.83. The number of rotatable bonds is 6. The molecule has 2 N–H and O–H groups in total. The topological polar surface area (TPSA) is 101 Å². The number of alkyl halides is 3. The molecule has 0 aliphatic heterocycles. The van der Waals surface area contributed by atoms with E-state index in [0.717, 1.165) is 25.3 Å². The summed E-state index contributed by atoms with van der Waals surface area (Å²) in [5.41, 5.74) is -3.74. The van der Waals surface area contributed by atoms with E-state index >= 15 is 0 Å². The second kappa shape index (κ2) is 10.2. The van der Waals surface area contributed by atoms with Crippen LogP contribution in [0.4, 0.5) is 19.0 Å². The van der Waals surface area contributed by atoms with E-state index < -0.39 is 35.1 Å². The number of methoxy groups -OCH3 is 1. The number of esters is 1. The van der Waals surface area contributed by atoms with Crippen molar-refractivity contribution in [3.05, 3.63) is 87.3 Å². The summed E-state index contributed by atoms with van der Waals surface area (Å²) in [6.45, 7) is 1.16. The normalized spacial score (nSPS) is 14.1. The lowest BCUT2D eigenvalue weighted by Gasteiger charge is -2.37. The first kappa shape index (κ1) is 26.4. The Balaban J connectivity index is 1.92. The number of aliphatic hydroxyl groups is 1. The van der Waals surface area contributed by atoms with Gasteiger partial charge in [0.2, 0.25) is 0 Å². The number of ether oxygens (including phenoxy) is 1. The standard InChI is InChI=1S/C23H18Cl2F3N3O4/c1-12(22(34,23(26,27)28)15-6-8-29-18(25)11-15)16-4-3-13(9-17(16)24)20(32)31-19-10-14(5-7-30-19)21(33)35-2/h3-12,34H,1-2H3,(H,30,31,32)/t12-,22-/m1/s1. The Morgan fingerprint density at radius 2 is 1.71 bits per heavy atom. The number of anilines is 1. The number of carbonyl (C=O) groups excluding carboxylic acids is 2. The molecule has 0 saturated heterocycles. The van der Waals surface area contributed by atoms with Gasteiger partial charge in [0.15, 0.2) is 5.60 Å². The predicted octanol–water partition coefficient (Wildman–Crippen LogP) is 5.38. The van der Waals surface area contributed by atoms with Crippen molar-refractivity contribution < 1.29 is 32.6 Å². The number of aromatic nitrogens is 2. The Kier molecular flexibility index (Phi) is 7.68. The van der Waals surface area contributed by atoms with Crippen LogP contribution in [0, 0.1) is 0 Å². The van der Waals surface area contributed by atoms with Gasteiger partial charge in [0.1, 0.15) is 11.0 Å². The van der Waals surface area contributed by atoms with Gasteiger partial charge in [0, 0.05) is 28.9 Å².